The van der Waals surface area contributed by atoms with Crippen molar-refractivity contribution in [3.8, 4) is 0 Å². The third kappa shape index (κ3) is 3.72. The smallest absolute Gasteiger partial charge is 0.357 e. The summed E-state index contributed by atoms with van der Waals surface area (Å²) in [5, 5.41) is 3.16. The zero-order chi connectivity index (χ0) is 12.3. The van der Waals surface area contributed by atoms with Crippen molar-refractivity contribution >= 4 is 21.8 Å². The molecule has 0 bridgehead atoms. The van der Waals surface area contributed by atoms with E-state index in [1.54, 1.807) is 24.3 Å². The van der Waals surface area contributed by atoms with Crippen molar-refractivity contribution in [2.24, 2.45) is 4.99 Å². The van der Waals surface area contributed by atoms with E-state index in [1.807, 2.05) is 4.72 Å². The van der Waals surface area contributed by atoms with Crippen LogP contribution in [0.3, 0.4) is 0 Å². The van der Waals surface area contributed by atoms with Crippen LogP contribution in [0.2, 0.25) is 0 Å². The predicted octanol–water partition coefficient (Wildman–Crippen LogP) is 0.445. The first kappa shape index (κ1) is 11.9. The minimum absolute atomic E-state index is 0.331. The molecule has 1 aliphatic heterocycles. The molecular weight excluding hydrogens is 242 g/mol. The van der Waals surface area contributed by atoms with Crippen molar-refractivity contribution in [2.75, 3.05) is 17.8 Å². The largest absolute Gasteiger partial charge is 0.372 e. The van der Waals surface area contributed by atoms with Gasteiger partial charge in [0.05, 0.1) is 12.2 Å². The van der Waals surface area contributed by atoms with E-state index in [-0.39, 0.29) is 0 Å². The van der Waals surface area contributed by atoms with Crippen LogP contribution < -0.4 is 10.0 Å². The number of rotatable bonds is 4. The van der Waals surface area contributed by atoms with Gasteiger partial charge in [-0.2, -0.15) is 8.42 Å². The Labute approximate surface area is 99.6 Å². The average molecular weight is 255 g/mol. The summed E-state index contributed by atoms with van der Waals surface area (Å²) in [6, 6.07) is 6.77. The maximum absolute atomic E-state index is 10.6. The van der Waals surface area contributed by atoms with E-state index in [9.17, 15) is 8.42 Å². The lowest BCUT2D eigenvalue weighted by Gasteiger charge is -2.05. The fourth-order valence-corrected chi connectivity index (χ4v) is 2.03. The summed E-state index contributed by atoms with van der Waals surface area (Å²) in [5.41, 5.74) is 1.36. The van der Waals surface area contributed by atoms with Crippen LogP contribution in [-0.2, 0) is 16.7 Å². The Morgan fingerprint density at radius 3 is 2.59 bits per heavy atom. The van der Waals surface area contributed by atoms with Gasteiger partial charge in [0.1, 0.15) is 5.84 Å². The Morgan fingerprint density at radius 2 is 2.06 bits per heavy atom. The molecule has 1 aromatic rings. The van der Waals surface area contributed by atoms with Gasteiger partial charge in [0.2, 0.25) is 0 Å². The SMILES string of the molecule is O=S(=O)(O)Nc1ccc(CC2=NCCN2)cc1. The van der Waals surface area contributed by atoms with Crippen molar-refractivity contribution < 1.29 is 13.0 Å². The molecule has 0 fully saturated rings. The predicted molar refractivity (Wildman–Crippen MR) is 65.6 cm³/mol. The Bertz CT molecular complexity index is 522. The molecule has 0 unspecified atom stereocenters. The third-order valence-corrected chi connectivity index (χ3v) is 2.81. The summed E-state index contributed by atoms with van der Waals surface area (Å²) in [6.45, 7) is 1.68. The number of aliphatic imine (C=N–C) groups is 1. The molecule has 1 aromatic carbocycles. The van der Waals surface area contributed by atoms with Crippen LogP contribution in [0.4, 0.5) is 5.69 Å². The second kappa shape index (κ2) is 4.72. The van der Waals surface area contributed by atoms with Gasteiger partial charge in [-0.25, -0.2) is 0 Å². The van der Waals surface area contributed by atoms with Crippen molar-refractivity contribution in [1.29, 1.82) is 0 Å². The molecule has 0 spiro atoms. The van der Waals surface area contributed by atoms with Crippen LogP contribution in [0.1, 0.15) is 5.56 Å². The van der Waals surface area contributed by atoms with Crippen LogP contribution in [0.25, 0.3) is 0 Å². The molecule has 0 aromatic heterocycles. The second-order valence-electron chi connectivity index (χ2n) is 3.71. The quantitative estimate of drug-likeness (QED) is 0.681. The zero-order valence-electron chi connectivity index (χ0n) is 9.05. The maximum atomic E-state index is 10.6. The molecule has 1 aliphatic rings. The van der Waals surface area contributed by atoms with Gasteiger partial charge in [0, 0.05) is 13.0 Å². The van der Waals surface area contributed by atoms with E-state index in [0.29, 0.717) is 12.1 Å². The minimum Gasteiger partial charge on any atom is -0.372 e. The highest BCUT2D eigenvalue weighted by molar-refractivity contribution is 7.87. The summed E-state index contributed by atoms with van der Waals surface area (Å²) < 4.78 is 31.7. The molecule has 17 heavy (non-hydrogen) atoms. The normalized spacial score (nSPS) is 15.2. The molecule has 0 atom stereocenters. The monoisotopic (exact) mass is 255 g/mol. The van der Waals surface area contributed by atoms with Crippen LogP contribution >= 0.6 is 0 Å². The number of nitrogens with one attached hydrogen (secondary N) is 2. The van der Waals surface area contributed by atoms with Crippen molar-refractivity contribution in [3.63, 3.8) is 0 Å². The Kier molecular flexibility index (Phi) is 3.30. The lowest BCUT2D eigenvalue weighted by Crippen LogP contribution is -2.20. The van der Waals surface area contributed by atoms with E-state index in [0.717, 1.165) is 24.5 Å². The summed E-state index contributed by atoms with van der Waals surface area (Å²) in [5.74, 6) is 0.945. The molecule has 0 aliphatic carbocycles. The molecule has 0 saturated carbocycles. The lowest BCUT2D eigenvalue weighted by molar-refractivity contribution is 0.489. The number of hydrogen-bond acceptors (Lipinski definition) is 4. The Hall–Kier alpha value is -1.60. The summed E-state index contributed by atoms with van der Waals surface area (Å²) in [7, 11) is -4.20. The molecule has 0 saturated heterocycles. The molecule has 6 nitrogen and oxygen atoms in total. The first-order valence-corrected chi connectivity index (χ1v) is 6.58. The summed E-state index contributed by atoms with van der Waals surface area (Å²) in [4.78, 5) is 4.27. The Morgan fingerprint density at radius 1 is 1.35 bits per heavy atom. The number of amidine groups is 1. The lowest BCUT2D eigenvalue weighted by atomic mass is 10.1. The fraction of sp³-hybridized carbons (Fsp3) is 0.300. The van der Waals surface area contributed by atoms with E-state index in [4.69, 9.17) is 4.55 Å². The van der Waals surface area contributed by atoms with Gasteiger partial charge in [0.15, 0.2) is 0 Å². The number of anilines is 1. The fourth-order valence-electron chi connectivity index (χ4n) is 1.60. The van der Waals surface area contributed by atoms with Crippen LogP contribution in [0, 0.1) is 0 Å². The topological polar surface area (TPSA) is 90.8 Å². The van der Waals surface area contributed by atoms with Crippen molar-refractivity contribution in [2.45, 2.75) is 6.42 Å². The molecular formula is C10H13N3O3S. The summed E-state index contributed by atoms with van der Waals surface area (Å²) >= 11 is 0. The highest BCUT2D eigenvalue weighted by Crippen LogP contribution is 2.11. The highest BCUT2D eigenvalue weighted by Gasteiger charge is 2.07. The van der Waals surface area contributed by atoms with Crippen molar-refractivity contribution in [3.05, 3.63) is 29.8 Å². The standard InChI is InChI=1S/C10H13N3O3S/c14-17(15,16)13-9-3-1-8(2-4-9)7-10-11-5-6-12-10/h1-4,13H,5-7H2,(H,11,12)(H,14,15,16). The zero-order valence-corrected chi connectivity index (χ0v) is 9.87. The van der Waals surface area contributed by atoms with Crippen molar-refractivity contribution in [1.82, 2.24) is 5.32 Å². The number of nitrogens with zero attached hydrogens (tertiary/aromatic N) is 1. The Balaban J connectivity index is 2.02. The first-order chi connectivity index (χ1) is 8.03. The van der Waals surface area contributed by atoms with E-state index in [1.165, 1.54) is 0 Å². The highest BCUT2D eigenvalue weighted by atomic mass is 32.2. The average Bonchev–Trinajstić information content (AvgIpc) is 2.71. The molecule has 0 amide bonds. The van der Waals surface area contributed by atoms with Gasteiger partial charge >= 0.3 is 10.3 Å². The van der Waals surface area contributed by atoms with Crippen LogP contribution in [-0.4, -0.2) is 31.9 Å². The summed E-state index contributed by atoms with van der Waals surface area (Å²) in [6.07, 6.45) is 0.701. The second-order valence-corrected chi connectivity index (χ2v) is 4.86. The molecule has 7 heteroatoms. The van der Waals surface area contributed by atoms with E-state index >= 15 is 0 Å². The van der Waals surface area contributed by atoms with E-state index in [2.05, 4.69) is 10.3 Å². The van der Waals surface area contributed by atoms with Gasteiger partial charge in [-0.05, 0) is 17.7 Å². The van der Waals surface area contributed by atoms with Gasteiger partial charge in [-0.3, -0.25) is 14.3 Å². The van der Waals surface area contributed by atoms with Gasteiger partial charge < -0.3 is 5.32 Å². The number of benzene rings is 1. The molecule has 0 radical (unpaired) electrons. The minimum atomic E-state index is -4.20. The number of hydrogen-bond donors (Lipinski definition) is 3. The van der Waals surface area contributed by atoms with Crippen LogP contribution in [0.15, 0.2) is 29.3 Å². The molecule has 92 valence electrons. The maximum Gasteiger partial charge on any atom is 0.357 e. The first-order valence-electron chi connectivity index (χ1n) is 5.14. The van der Waals surface area contributed by atoms with Gasteiger partial charge in [0.25, 0.3) is 0 Å². The third-order valence-electron chi connectivity index (χ3n) is 2.32. The van der Waals surface area contributed by atoms with Gasteiger partial charge in [-0.1, -0.05) is 12.1 Å². The van der Waals surface area contributed by atoms with Gasteiger partial charge in [-0.15, -0.1) is 0 Å². The van der Waals surface area contributed by atoms with Crippen LogP contribution in [0.5, 0.6) is 0 Å². The van der Waals surface area contributed by atoms with E-state index < -0.39 is 10.3 Å². The molecule has 2 rings (SSSR count). The molecule has 3 N–H and O–H groups in total. The molecule has 1 heterocycles.